The van der Waals surface area contributed by atoms with E-state index < -0.39 is 0 Å². The van der Waals surface area contributed by atoms with Gasteiger partial charge in [0.2, 0.25) is 5.75 Å². The lowest BCUT2D eigenvalue weighted by Gasteiger charge is -2.14. The van der Waals surface area contributed by atoms with Gasteiger partial charge >= 0.3 is 0 Å². The molecule has 2 amide bonds. The Balaban J connectivity index is 1.53. The van der Waals surface area contributed by atoms with E-state index in [1.54, 1.807) is 24.3 Å². The lowest BCUT2D eigenvalue weighted by Crippen LogP contribution is -2.34. The van der Waals surface area contributed by atoms with Gasteiger partial charge in [-0.25, -0.2) is 0 Å². The minimum Gasteiger partial charge on any atom is -0.493 e. The predicted octanol–water partition coefficient (Wildman–Crippen LogP) is 3.54. The molecule has 0 aromatic heterocycles. The highest BCUT2D eigenvalue weighted by atomic mass is 16.5. The van der Waals surface area contributed by atoms with Crippen LogP contribution in [0.2, 0.25) is 0 Å². The highest BCUT2D eigenvalue weighted by molar-refractivity contribution is 5.96. The molecular formula is C25H26N2O5. The van der Waals surface area contributed by atoms with Crippen LogP contribution in [0.4, 0.5) is 0 Å². The molecule has 7 nitrogen and oxygen atoms in total. The third kappa shape index (κ3) is 5.37. The van der Waals surface area contributed by atoms with Gasteiger partial charge in [0, 0.05) is 24.2 Å². The number of methoxy groups -OCH3 is 3. The van der Waals surface area contributed by atoms with Crippen LogP contribution in [0.3, 0.4) is 0 Å². The Hall–Kier alpha value is -4.00. The van der Waals surface area contributed by atoms with E-state index in [1.807, 2.05) is 42.5 Å². The Morgan fingerprint density at radius 1 is 0.656 bits per heavy atom. The molecule has 3 rings (SSSR count). The molecule has 3 aromatic carbocycles. The van der Waals surface area contributed by atoms with Gasteiger partial charge in [-0.05, 0) is 35.4 Å². The molecule has 0 saturated heterocycles. The molecule has 0 aliphatic rings. The third-order valence-corrected chi connectivity index (χ3v) is 4.88. The largest absolute Gasteiger partial charge is 0.493 e. The topological polar surface area (TPSA) is 85.9 Å². The summed E-state index contributed by atoms with van der Waals surface area (Å²) in [6.07, 6.45) is 0. The summed E-state index contributed by atoms with van der Waals surface area (Å²) < 4.78 is 15.8. The first-order chi connectivity index (χ1) is 15.6. The van der Waals surface area contributed by atoms with Gasteiger partial charge in [-0.3, -0.25) is 9.59 Å². The number of benzene rings is 3. The monoisotopic (exact) mass is 434 g/mol. The summed E-state index contributed by atoms with van der Waals surface area (Å²) in [5.41, 5.74) is 3.05. The fourth-order valence-corrected chi connectivity index (χ4v) is 3.21. The number of ether oxygens (including phenoxy) is 3. The van der Waals surface area contributed by atoms with Crippen molar-refractivity contribution in [2.45, 2.75) is 0 Å². The Bertz CT molecular complexity index is 1040. The molecule has 0 fully saturated rings. The Morgan fingerprint density at radius 2 is 1.16 bits per heavy atom. The number of nitrogens with one attached hydrogen (secondary N) is 2. The molecule has 0 unspecified atom stereocenters. The molecule has 0 spiro atoms. The first kappa shape index (κ1) is 22.7. The molecule has 2 N–H and O–H groups in total. The van der Waals surface area contributed by atoms with Crippen LogP contribution in [0, 0.1) is 0 Å². The average Bonchev–Trinajstić information content (AvgIpc) is 2.85. The zero-order valence-electron chi connectivity index (χ0n) is 18.3. The van der Waals surface area contributed by atoms with Crippen molar-refractivity contribution in [2.24, 2.45) is 0 Å². The van der Waals surface area contributed by atoms with E-state index in [4.69, 9.17) is 14.2 Å². The van der Waals surface area contributed by atoms with Crippen molar-refractivity contribution in [2.75, 3.05) is 34.4 Å². The summed E-state index contributed by atoms with van der Waals surface area (Å²) >= 11 is 0. The second-order valence-electron chi connectivity index (χ2n) is 6.87. The molecule has 0 radical (unpaired) electrons. The molecule has 0 aliphatic heterocycles. The molecule has 7 heteroatoms. The lowest BCUT2D eigenvalue weighted by atomic mass is 10.0. The fraction of sp³-hybridized carbons (Fsp3) is 0.200. The Kier molecular flexibility index (Phi) is 7.70. The van der Waals surface area contributed by atoms with Crippen molar-refractivity contribution in [1.82, 2.24) is 10.6 Å². The second kappa shape index (κ2) is 10.9. The van der Waals surface area contributed by atoms with Gasteiger partial charge in [0.05, 0.1) is 21.3 Å². The molecule has 0 aliphatic carbocycles. The van der Waals surface area contributed by atoms with Crippen LogP contribution in [-0.2, 0) is 0 Å². The van der Waals surface area contributed by atoms with Crippen molar-refractivity contribution < 1.29 is 23.8 Å². The van der Waals surface area contributed by atoms with Crippen LogP contribution >= 0.6 is 0 Å². The summed E-state index contributed by atoms with van der Waals surface area (Å²) in [7, 11) is 4.47. The zero-order valence-corrected chi connectivity index (χ0v) is 18.3. The Labute approximate surface area is 187 Å². The van der Waals surface area contributed by atoms with Crippen molar-refractivity contribution >= 4 is 11.8 Å². The third-order valence-electron chi connectivity index (χ3n) is 4.88. The van der Waals surface area contributed by atoms with Crippen LogP contribution in [0.1, 0.15) is 20.7 Å². The molecule has 0 atom stereocenters. The van der Waals surface area contributed by atoms with Crippen LogP contribution < -0.4 is 24.8 Å². The first-order valence-corrected chi connectivity index (χ1v) is 10.1. The summed E-state index contributed by atoms with van der Waals surface area (Å²) in [5, 5.41) is 5.58. The van der Waals surface area contributed by atoms with Crippen molar-refractivity contribution in [3.8, 4) is 28.4 Å². The maximum absolute atomic E-state index is 12.5. The summed E-state index contributed by atoms with van der Waals surface area (Å²) in [6.45, 7) is 0.554. The first-order valence-electron chi connectivity index (χ1n) is 10.1. The quantitative estimate of drug-likeness (QED) is 0.503. The molecule has 3 aromatic rings. The molecule has 0 saturated carbocycles. The maximum atomic E-state index is 12.5. The van der Waals surface area contributed by atoms with Crippen LogP contribution in [0.25, 0.3) is 11.1 Å². The zero-order chi connectivity index (χ0) is 22.9. The molecule has 166 valence electrons. The van der Waals surface area contributed by atoms with Gasteiger partial charge in [-0.2, -0.15) is 0 Å². The fourth-order valence-electron chi connectivity index (χ4n) is 3.21. The normalized spacial score (nSPS) is 10.2. The molecule has 0 bridgehead atoms. The average molecular weight is 434 g/mol. The van der Waals surface area contributed by atoms with Gasteiger partial charge < -0.3 is 24.8 Å². The molecule has 0 heterocycles. The lowest BCUT2D eigenvalue weighted by molar-refractivity contribution is 0.0927. The highest BCUT2D eigenvalue weighted by Gasteiger charge is 2.16. The SMILES string of the molecule is COc1cc(C(=O)NCCNC(=O)c2ccc(-c3ccccc3)cc2)cc(OC)c1OC. The summed E-state index contributed by atoms with van der Waals surface area (Å²) in [4.78, 5) is 24.9. The van der Waals surface area contributed by atoms with E-state index >= 15 is 0 Å². The number of hydrogen-bond donors (Lipinski definition) is 2. The number of rotatable bonds is 9. The van der Waals surface area contributed by atoms with Crippen molar-refractivity contribution in [1.29, 1.82) is 0 Å². The number of hydrogen-bond acceptors (Lipinski definition) is 5. The van der Waals surface area contributed by atoms with E-state index in [0.29, 0.717) is 28.4 Å². The van der Waals surface area contributed by atoms with Gasteiger partial charge in [0.25, 0.3) is 11.8 Å². The standard InChI is InChI=1S/C25H26N2O5/c1-30-21-15-20(16-22(31-2)23(21)32-3)25(29)27-14-13-26-24(28)19-11-9-18(10-12-19)17-7-5-4-6-8-17/h4-12,15-16H,13-14H2,1-3H3,(H,26,28)(H,27,29). The van der Waals surface area contributed by atoms with E-state index in [2.05, 4.69) is 10.6 Å². The van der Waals surface area contributed by atoms with E-state index in [1.165, 1.54) is 21.3 Å². The minimum atomic E-state index is -0.314. The van der Waals surface area contributed by atoms with Gasteiger partial charge in [0.15, 0.2) is 11.5 Å². The predicted molar refractivity (Wildman–Crippen MR) is 123 cm³/mol. The van der Waals surface area contributed by atoms with Gasteiger partial charge in [-0.15, -0.1) is 0 Å². The number of carbonyl (C=O) groups is 2. The van der Waals surface area contributed by atoms with Gasteiger partial charge in [0.1, 0.15) is 0 Å². The number of carbonyl (C=O) groups excluding carboxylic acids is 2. The Morgan fingerprint density at radius 3 is 1.66 bits per heavy atom. The van der Waals surface area contributed by atoms with Crippen molar-refractivity contribution in [3.05, 3.63) is 77.9 Å². The summed E-state index contributed by atoms with van der Waals surface area (Å²) in [5.74, 6) is 0.683. The molecular weight excluding hydrogens is 408 g/mol. The van der Waals surface area contributed by atoms with Crippen LogP contribution in [-0.4, -0.2) is 46.2 Å². The maximum Gasteiger partial charge on any atom is 0.251 e. The minimum absolute atomic E-state index is 0.202. The van der Waals surface area contributed by atoms with E-state index in [0.717, 1.165) is 11.1 Å². The summed E-state index contributed by atoms with van der Waals surface area (Å²) in [6, 6.07) is 20.5. The second-order valence-corrected chi connectivity index (χ2v) is 6.87. The smallest absolute Gasteiger partial charge is 0.251 e. The van der Waals surface area contributed by atoms with Crippen molar-refractivity contribution in [3.63, 3.8) is 0 Å². The molecule has 32 heavy (non-hydrogen) atoms. The van der Waals surface area contributed by atoms with Crippen LogP contribution in [0.15, 0.2) is 66.7 Å². The van der Waals surface area contributed by atoms with E-state index in [-0.39, 0.29) is 24.9 Å². The highest BCUT2D eigenvalue weighted by Crippen LogP contribution is 2.38. The van der Waals surface area contributed by atoms with Crippen LogP contribution in [0.5, 0.6) is 17.2 Å². The van der Waals surface area contributed by atoms with E-state index in [9.17, 15) is 9.59 Å². The number of amides is 2. The van der Waals surface area contributed by atoms with Gasteiger partial charge in [-0.1, -0.05) is 42.5 Å².